The van der Waals surface area contributed by atoms with Gasteiger partial charge in [0.25, 0.3) is 10.0 Å². The van der Waals surface area contributed by atoms with Crippen molar-refractivity contribution in [3.8, 4) is 0 Å². The molecule has 0 radical (unpaired) electrons. The molecule has 0 amide bonds. The molecule has 1 aromatic rings. The minimum atomic E-state index is -3.72. The van der Waals surface area contributed by atoms with Crippen LogP contribution >= 0.6 is 11.8 Å². The first-order valence-corrected chi connectivity index (χ1v) is 8.18. The highest BCUT2D eigenvalue weighted by Gasteiger charge is 2.16. The molecule has 1 unspecified atom stereocenters. The van der Waals surface area contributed by atoms with Crippen LogP contribution in [0.1, 0.15) is 18.6 Å². The van der Waals surface area contributed by atoms with Crippen LogP contribution in [0.4, 0.5) is 0 Å². The third-order valence-electron chi connectivity index (χ3n) is 2.64. The Morgan fingerprint density at radius 3 is 2.94 bits per heavy atom. The summed E-state index contributed by atoms with van der Waals surface area (Å²) in [5, 5.41) is 8.14. The van der Waals surface area contributed by atoms with Crippen LogP contribution in [0.25, 0.3) is 0 Å². The first-order chi connectivity index (χ1) is 8.05. The molecule has 0 spiro atoms. The zero-order valence-electron chi connectivity index (χ0n) is 9.39. The van der Waals surface area contributed by atoms with Crippen molar-refractivity contribution in [3.05, 3.63) is 17.9 Å². The van der Waals surface area contributed by atoms with Crippen molar-refractivity contribution in [2.24, 2.45) is 5.14 Å². The topological polar surface area (TPSA) is 85.3 Å². The molecule has 7 heteroatoms. The van der Waals surface area contributed by atoms with E-state index in [4.69, 9.17) is 9.56 Å². The van der Waals surface area contributed by atoms with Crippen LogP contribution in [-0.2, 0) is 16.6 Å². The van der Waals surface area contributed by atoms with Crippen molar-refractivity contribution >= 4 is 21.8 Å². The standard InChI is InChI=1S/C10H16N2O3S2/c11-17(13,14)10-4-3-9(15-10)6-12-8-2-1-5-16-7-8/h3-4,8,12H,1-2,5-7H2,(H2,11,13,14). The normalized spacial score (nSPS) is 21.6. The lowest BCUT2D eigenvalue weighted by molar-refractivity contribution is 0.388. The van der Waals surface area contributed by atoms with Gasteiger partial charge in [0.15, 0.2) is 0 Å². The Balaban J connectivity index is 1.89. The molecule has 0 saturated carbocycles. The summed E-state index contributed by atoms with van der Waals surface area (Å²) in [4.78, 5) is 0. The number of thioether (sulfide) groups is 1. The maximum atomic E-state index is 11.0. The number of rotatable bonds is 4. The van der Waals surface area contributed by atoms with Gasteiger partial charge in [-0.2, -0.15) is 11.8 Å². The number of hydrogen-bond donors (Lipinski definition) is 2. The maximum absolute atomic E-state index is 11.0. The second-order valence-electron chi connectivity index (χ2n) is 4.06. The largest absolute Gasteiger partial charge is 0.447 e. The lowest BCUT2D eigenvalue weighted by Crippen LogP contribution is -2.33. The van der Waals surface area contributed by atoms with Gasteiger partial charge in [0.2, 0.25) is 5.09 Å². The first kappa shape index (κ1) is 12.9. The van der Waals surface area contributed by atoms with Gasteiger partial charge in [0, 0.05) is 11.8 Å². The number of nitrogens with one attached hydrogen (secondary N) is 1. The predicted octanol–water partition coefficient (Wildman–Crippen LogP) is 0.912. The Bertz CT molecular complexity index is 464. The highest BCUT2D eigenvalue weighted by atomic mass is 32.2. The third kappa shape index (κ3) is 3.74. The van der Waals surface area contributed by atoms with Crippen LogP contribution in [-0.4, -0.2) is 26.0 Å². The number of furan rings is 1. The minimum absolute atomic E-state index is 0.174. The fourth-order valence-corrected chi connectivity index (χ4v) is 3.34. The van der Waals surface area contributed by atoms with Gasteiger partial charge in [-0.3, -0.25) is 0 Å². The quantitative estimate of drug-likeness (QED) is 0.854. The summed E-state index contributed by atoms with van der Waals surface area (Å²) < 4.78 is 27.2. The summed E-state index contributed by atoms with van der Waals surface area (Å²) in [7, 11) is -3.72. The van der Waals surface area contributed by atoms with E-state index in [2.05, 4.69) is 5.32 Å². The van der Waals surface area contributed by atoms with Crippen LogP contribution in [0.5, 0.6) is 0 Å². The predicted molar refractivity (Wildman–Crippen MR) is 67.3 cm³/mol. The average molecular weight is 276 g/mol. The molecule has 2 heterocycles. The molecule has 1 aromatic heterocycles. The van der Waals surface area contributed by atoms with Crippen molar-refractivity contribution < 1.29 is 12.8 Å². The molecule has 96 valence electrons. The van der Waals surface area contributed by atoms with E-state index in [1.165, 1.54) is 18.2 Å². The zero-order chi connectivity index (χ0) is 12.3. The molecular weight excluding hydrogens is 260 g/mol. The Hall–Kier alpha value is -0.500. The van der Waals surface area contributed by atoms with Gasteiger partial charge in [0.05, 0.1) is 6.54 Å². The highest BCUT2D eigenvalue weighted by Crippen LogP contribution is 2.18. The fourth-order valence-electron chi connectivity index (χ4n) is 1.75. The molecule has 3 N–H and O–H groups in total. The molecule has 17 heavy (non-hydrogen) atoms. The van der Waals surface area contributed by atoms with Crippen LogP contribution in [0.3, 0.4) is 0 Å². The molecular formula is C10H16N2O3S2. The number of sulfonamides is 1. The molecule has 0 bridgehead atoms. The second-order valence-corrected chi connectivity index (χ2v) is 6.70. The minimum Gasteiger partial charge on any atom is -0.447 e. The summed E-state index contributed by atoms with van der Waals surface area (Å²) in [6.45, 7) is 0.542. The summed E-state index contributed by atoms with van der Waals surface area (Å²) in [5.41, 5.74) is 0. The summed E-state index contributed by atoms with van der Waals surface area (Å²) in [6.07, 6.45) is 2.39. The summed E-state index contributed by atoms with van der Waals surface area (Å²) >= 11 is 1.94. The SMILES string of the molecule is NS(=O)(=O)c1ccc(CNC2CCCSC2)o1. The fraction of sp³-hybridized carbons (Fsp3) is 0.600. The van der Waals surface area contributed by atoms with E-state index in [0.29, 0.717) is 18.3 Å². The number of nitrogens with two attached hydrogens (primary N) is 1. The van der Waals surface area contributed by atoms with Crippen LogP contribution in [0.15, 0.2) is 21.6 Å². The second kappa shape index (κ2) is 5.43. The van der Waals surface area contributed by atoms with Crippen molar-refractivity contribution in [1.82, 2.24) is 5.32 Å². The van der Waals surface area contributed by atoms with E-state index in [1.807, 2.05) is 11.8 Å². The Morgan fingerprint density at radius 2 is 2.35 bits per heavy atom. The smallest absolute Gasteiger partial charge is 0.271 e. The molecule has 2 rings (SSSR count). The average Bonchev–Trinajstić information content (AvgIpc) is 2.76. The molecule has 1 saturated heterocycles. The van der Waals surface area contributed by atoms with E-state index in [0.717, 1.165) is 12.2 Å². The van der Waals surface area contributed by atoms with Gasteiger partial charge < -0.3 is 9.73 Å². The lowest BCUT2D eigenvalue weighted by Gasteiger charge is -2.21. The summed E-state index contributed by atoms with van der Waals surface area (Å²) in [5.74, 6) is 2.93. The molecule has 1 aliphatic rings. The van der Waals surface area contributed by atoms with E-state index in [9.17, 15) is 8.42 Å². The molecule has 1 fully saturated rings. The highest BCUT2D eigenvalue weighted by molar-refractivity contribution is 7.99. The maximum Gasteiger partial charge on any atom is 0.271 e. The van der Waals surface area contributed by atoms with Crippen LogP contribution < -0.4 is 10.5 Å². The van der Waals surface area contributed by atoms with E-state index >= 15 is 0 Å². The van der Waals surface area contributed by atoms with Gasteiger partial charge in [0.1, 0.15) is 5.76 Å². The lowest BCUT2D eigenvalue weighted by atomic mass is 10.2. The Labute approximate surface area is 105 Å². The van der Waals surface area contributed by atoms with E-state index < -0.39 is 10.0 Å². The number of primary sulfonamides is 1. The van der Waals surface area contributed by atoms with Crippen molar-refractivity contribution in [3.63, 3.8) is 0 Å². The Kier molecular flexibility index (Phi) is 4.13. The molecule has 1 atom stereocenters. The van der Waals surface area contributed by atoms with Crippen LogP contribution in [0, 0.1) is 0 Å². The number of hydrogen-bond acceptors (Lipinski definition) is 5. The van der Waals surface area contributed by atoms with Crippen molar-refractivity contribution in [2.75, 3.05) is 11.5 Å². The molecule has 1 aliphatic heterocycles. The van der Waals surface area contributed by atoms with Crippen molar-refractivity contribution in [2.45, 2.75) is 30.5 Å². The Morgan fingerprint density at radius 1 is 1.53 bits per heavy atom. The van der Waals surface area contributed by atoms with Crippen LogP contribution in [0.2, 0.25) is 0 Å². The van der Waals surface area contributed by atoms with Gasteiger partial charge in [-0.05, 0) is 30.7 Å². The monoisotopic (exact) mass is 276 g/mol. The molecule has 5 nitrogen and oxygen atoms in total. The zero-order valence-corrected chi connectivity index (χ0v) is 11.0. The molecule has 0 aromatic carbocycles. The van der Waals surface area contributed by atoms with E-state index in [-0.39, 0.29) is 5.09 Å². The van der Waals surface area contributed by atoms with Gasteiger partial charge in [-0.1, -0.05) is 0 Å². The first-order valence-electron chi connectivity index (χ1n) is 5.48. The van der Waals surface area contributed by atoms with Gasteiger partial charge in [-0.15, -0.1) is 0 Å². The van der Waals surface area contributed by atoms with Gasteiger partial charge in [-0.25, -0.2) is 13.6 Å². The molecule has 0 aliphatic carbocycles. The van der Waals surface area contributed by atoms with Gasteiger partial charge >= 0.3 is 0 Å². The third-order valence-corrected chi connectivity index (χ3v) is 4.64. The van der Waals surface area contributed by atoms with E-state index in [1.54, 1.807) is 6.07 Å². The summed E-state index contributed by atoms with van der Waals surface area (Å²) in [6, 6.07) is 3.52. The van der Waals surface area contributed by atoms with Crippen molar-refractivity contribution in [1.29, 1.82) is 0 Å².